The largest absolute Gasteiger partial charge is 0.497 e. The van der Waals surface area contributed by atoms with Crippen LogP contribution in [0.2, 0.25) is 0 Å². The molecule has 0 amide bonds. The molecule has 0 heterocycles. The highest BCUT2D eigenvalue weighted by atomic mass is 32.1. The molecule has 0 atom stereocenters. The van der Waals surface area contributed by atoms with Gasteiger partial charge in [0.05, 0.1) is 20.4 Å². The third-order valence-corrected chi connectivity index (χ3v) is 2.33. The van der Waals surface area contributed by atoms with E-state index in [0.717, 1.165) is 11.3 Å². The van der Waals surface area contributed by atoms with E-state index in [9.17, 15) is 0 Å². The van der Waals surface area contributed by atoms with E-state index in [1.54, 1.807) is 33.5 Å². The van der Waals surface area contributed by atoms with Crippen molar-refractivity contribution in [3.05, 3.63) is 23.8 Å². The number of benzene rings is 1. The Hall–Kier alpha value is -1.82. The lowest BCUT2D eigenvalue weighted by Crippen LogP contribution is -2.28. The Kier molecular flexibility index (Phi) is 5.22. The number of rotatable bonds is 4. The third kappa shape index (κ3) is 3.92. The van der Waals surface area contributed by atoms with Crippen molar-refractivity contribution in [3.8, 4) is 11.5 Å². The van der Waals surface area contributed by atoms with Crippen molar-refractivity contribution >= 4 is 23.5 Å². The molecule has 0 fully saturated rings. The maximum atomic E-state index is 5.22. The number of thiocarbonyl (C=S) groups is 1. The number of nitrogens with zero attached hydrogens (tertiary/aromatic N) is 1. The van der Waals surface area contributed by atoms with Crippen molar-refractivity contribution in [1.29, 1.82) is 0 Å². The Morgan fingerprint density at radius 3 is 2.71 bits per heavy atom. The molecule has 6 heteroatoms. The first-order valence-corrected chi connectivity index (χ1v) is 5.35. The second-order valence-corrected chi connectivity index (χ2v) is 3.47. The summed E-state index contributed by atoms with van der Waals surface area (Å²) in [7, 11) is 4.92. The fraction of sp³-hybridized carbons (Fsp3) is 0.273. The Bertz CT molecular complexity index is 421. The molecule has 1 aromatic rings. The number of hydrogen-bond donors (Lipinski definition) is 2. The van der Waals surface area contributed by atoms with Crippen LogP contribution >= 0.6 is 12.2 Å². The predicted octanol–water partition coefficient (Wildman–Crippen LogP) is 1.13. The number of methoxy groups -OCH3 is 2. The highest BCUT2D eigenvalue weighted by Gasteiger charge is 2.02. The number of hydrazone groups is 1. The Balaban J connectivity index is 2.79. The smallest absolute Gasteiger partial charge is 0.186 e. The molecule has 0 radical (unpaired) electrons. The fourth-order valence-corrected chi connectivity index (χ4v) is 1.19. The Morgan fingerprint density at radius 2 is 2.12 bits per heavy atom. The zero-order chi connectivity index (χ0) is 12.7. The van der Waals surface area contributed by atoms with E-state index in [-0.39, 0.29) is 0 Å². The van der Waals surface area contributed by atoms with Crippen LogP contribution in [-0.2, 0) is 0 Å². The SMILES string of the molecule is CNC(=S)N/N=C/c1ccc(OC)cc1OC. The highest BCUT2D eigenvalue weighted by Crippen LogP contribution is 2.22. The minimum absolute atomic E-state index is 0.453. The van der Waals surface area contributed by atoms with E-state index in [1.165, 1.54) is 0 Å². The minimum Gasteiger partial charge on any atom is -0.497 e. The van der Waals surface area contributed by atoms with Gasteiger partial charge in [-0.05, 0) is 24.4 Å². The van der Waals surface area contributed by atoms with Crippen molar-refractivity contribution < 1.29 is 9.47 Å². The van der Waals surface area contributed by atoms with Crippen LogP contribution in [0.4, 0.5) is 0 Å². The molecule has 0 saturated carbocycles. The summed E-state index contributed by atoms with van der Waals surface area (Å²) in [6.07, 6.45) is 1.63. The van der Waals surface area contributed by atoms with Crippen LogP contribution in [0.25, 0.3) is 0 Å². The molecule has 0 bridgehead atoms. The molecule has 17 heavy (non-hydrogen) atoms. The van der Waals surface area contributed by atoms with Gasteiger partial charge in [-0.25, -0.2) is 0 Å². The normalized spacial score (nSPS) is 10.1. The van der Waals surface area contributed by atoms with Crippen molar-refractivity contribution in [2.24, 2.45) is 5.10 Å². The quantitative estimate of drug-likeness (QED) is 0.478. The lowest BCUT2D eigenvalue weighted by molar-refractivity contribution is 0.394. The number of hydrogen-bond acceptors (Lipinski definition) is 4. The average molecular weight is 253 g/mol. The average Bonchev–Trinajstić information content (AvgIpc) is 2.38. The van der Waals surface area contributed by atoms with E-state index < -0.39 is 0 Å². The molecule has 5 nitrogen and oxygen atoms in total. The van der Waals surface area contributed by atoms with E-state index in [4.69, 9.17) is 21.7 Å². The first-order chi connectivity index (χ1) is 8.21. The third-order valence-electron chi connectivity index (χ3n) is 2.04. The molecule has 1 rings (SSSR count). The van der Waals surface area contributed by atoms with Crippen LogP contribution in [0, 0.1) is 0 Å². The molecule has 0 aromatic heterocycles. The van der Waals surface area contributed by atoms with Crippen LogP contribution in [0.3, 0.4) is 0 Å². The second-order valence-electron chi connectivity index (χ2n) is 3.06. The standard InChI is InChI=1S/C11H15N3O2S/c1-12-11(17)14-13-7-8-4-5-9(15-2)6-10(8)16-3/h4-7H,1-3H3,(H2,12,14,17)/b13-7+. The van der Waals surface area contributed by atoms with Crippen LogP contribution in [0.15, 0.2) is 23.3 Å². The topological polar surface area (TPSA) is 54.9 Å². The van der Waals surface area contributed by atoms with Gasteiger partial charge in [-0.3, -0.25) is 5.43 Å². The molecule has 0 spiro atoms. The summed E-state index contributed by atoms with van der Waals surface area (Å²) in [6.45, 7) is 0. The lowest BCUT2D eigenvalue weighted by Gasteiger charge is -2.07. The Labute approximate surface area is 106 Å². The molecule has 0 aliphatic heterocycles. The van der Waals surface area contributed by atoms with Crippen molar-refractivity contribution in [2.75, 3.05) is 21.3 Å². The number of nitrogens with one attached hydrogen (secondary N) is 2. The fourth-order valence-electron chi connectivity index (χ4n) is 1.14. The zero-order valence-corrected chi connectivity index (χ0v) is 10.8. The monoisotopic (exact) mass is 253 g/mol. The van der Waals surface area contributed by atoms with Gasteiger partial charge in [0, 0.05) is 18.7 Å². The van der Waals surface area contributed by atoms with Crippen molar-refractivity contribution in [2.45, 2.75) is 0 Å². The molecule has 0 aliphatic rings. The highest BCUT2D eigenvalue weighted by molar-refractivity contribution is 7.80. The van der Waals surface area contributed by atoms with E-state index in [2.05, 4.69) is 15.8 Å². The predicted molar refractivity (Wildman–Crippen MR) is 71.9 cm³/mol. The second kappa shape index (κ2) is 6.70. The molecule has 0 unspecified atom stereocenters. The summed E-state index contributed by atoms with van der Waals surface area (Å²) in [5.74, 6) is 1.42. The summed E-state index contributed by atoms with van der Waals surface area (Å²) >= 11 is 4.88. The molecule has 1 aromatic carbocycles. The van der Waals surface area contributed by atoms with Crippen LogP contribution in [0.1, 0.15) is 5.56 Å². The first kappa shape index (κ1) is 13.2. The minimum atomic E-state index is 0.453. The first-order valence-electron chi connectivity index (χ1n) is 4.94. The van der Waals surface area contributed by atoms with Gasteiger partial charge in [-0.1, -0.05) is 0 Å². The number of ether oxygens (including phenoxy) is 2. The van der Waals surface area contributed by atoms with Gasteiger partial charge >= 0.3 is 0 Å². The van der Waals surface area contributed by atoms with Crippen LogP contribution in [-0.4, -0.2) is 32.6 Å². The lowest BCUT2D eigenvalue weighted by atomic mass is 10.2. The van der Waals surface area contributed by atoms with Crippen molar-refractivity contribution in [1.82, 2.24) is 10.7 Å². The maximum Gasteiger partial charge on any atom is 0.186 e. The van der Waals surface area contributed by atoms with Gasteiger partial charge in [0.2, 0.25) is 0 Å². The van der Waals surface area contributed by atoms with Gasteiger partial charge in [0.25, 0.3) is 0 Å². The molecule has 92 valence electrons. The van der Waals surface area contributed by atoms with E-state index in [1.807, 2.05) is 12.1 Å². The summed E-state index contributed by atoms with van der Waals surface area (Å²) in [5.41, 5.74) is 3.50. The summed E-state index contributed by atoms with van der Waals surface area (Å²) in [6, 6.07) is 5.48. The van der Waals surface area contributed by atoms with Crippen molar-refractivity contribution in [3.63, 3.8) is 0 Å². The van der Waals surface area contributed by atoms with Gasteiger partial charge in [0.1, 0.15) is 11.5 Å². The molecule has 0 aliphatic carbocycles. The van der Waals surface area contributed by atoms with Gasteiger partial charge in [-0.2, -0.15) is 5.10 Å². The van der Waals surface area contributed by atoms with Crippen LogP contribution < -0.4 is 20.2 Å². The summed E-state index contributed by atoms with van der Waals surface area (Å²) in [5, 5.41) is 7.18. The zero-order valence-electron chi connectivity index (χ0n) is 9.98. The molecular weight excluding hydrogens is 238 g/mol. The van der Waals surface area contributed by atoms with Gasteiger partial charge < -0.3 is 14.8 Å². The maximum absolute atomic E-state index is 5.22. The molecule has 2 N–H and O–H groups in total. The summed E-state index contributed by atoms with van der Waals surface area (Å²) in [4.78, 5) is 0. The molecular formula is C11H15N3O2S. The molecule has 0 saturated heterocycles. The Morgan fingerprint density at radius 1 is 1.35 bits per heavy atom. The summed E-state index contributed by atoms with van der Waals surface area (Å²) < 4.78 is 10.3. The van der Waals surface area contributed by atoms with E-state index in [0.29, 0.717) is 10.9 Å². The van der Waals surface area contributed by atoms with E-state index >= 15 is 0 Å². The van der Waals surface area contributed by atoms with Gasteiger partial charge in [-0.15, -0.1) is 0 Å². The van der Waals surface area contributed by atoms with Gasteiger partial charge in [0.15, 0.2) is 5.11 Å². The van der Waals surface area contributed by atoms with Crippen LogP contribution in [0.5, 0.6) is 11.5 Å².